The summed E-state index contributed by atoms with van der Waals surface area (Å²) in [7, 11) is 0. The summed E-state index contributed by atoms with van der Waals surface area (Å²) in [4.78, 5) is 18.6. The van der Waals surface area contributed by atoms with Crippen LogP contribution in [0.3, 0.4) is 0 Å². The summed E-state index contributed by atoms with van der Waals surface area (Å²) in [5.74, 6) is 1.69. The smallest absolute Gasteiger partial charge is 0.317 e. The molecule has 3 heterocycles. The summed E-state index contributed by atoms with van der Waals surface area (Å²) in [6, 6.07) is 0.101. The molecular formula is C15H24N4O. The molecule has 0 spiro atoms. The van der Waals surface area contributed by atoms with Crippen molar-refractivity contribution < 1.29 is 4.79 Å². The summed E-state index contributed by atoms with van der Waals surface area (Å²) in [5.41, 5.74) is 0.00810. The minimum atomic E-state index is 0.00810. The van der Waals surface area contributed by atoms with Gasteiger partial charge in [0, 0.05) is 44.0 Å². The summed E-state index contributed by atoms with van der Waals surface area (Å²) < 4.78 is 2.21. The number of carbonyl (C=O) groups excluding carboxylic acids is 1. The number of carbonyl (C=O) groups is 1. The Hall–Kier alpha value is -1.52. The number of hydrogen-bond acceptors (Lipinski definition) is 2. The van der Waals surface area contributed by atoms with Crippen molar-refractivity contribution in [2.75, 3.05) is 13.1 Å². The molecule has 0 saturated carbocycles. The van der Waals surface area contributed by atoms with Crippen LogP contribution in [0.15, 0.2) is 12.4 Å². The average Bonchev–Trinajstić information content (AvgIpc) is 3.01. The highest BCUT2D eigenvalue weighted by molar-refractivity contribution is 5.75. The van der Waals surface area contributed by atoms with Crippen LogP contribution in [-0.2, 0) is 13.0 Å². The predicted octanol–water partition coefficient (Wildman–Crippen LogP) is 2.03. The minimum absolute atomic E-state index is 0.00810. The number of likely N-dealkylation sites (tertiary alicyclic amines) is 1. The van der Waals surface area contributed by atoms with Crippen molar-refractivity contribution in [3.63, 3.8) is 0 Å². The number of aryl methyl sites for hydroxylation is 1. The van der Waals surface area contributed by atoms with E-state index in [1.165, 1.54) is 5.82 Å². The van der Waals surface area contributed by atoms with E-state index >= 15 is 0 Å². The highest BCUT2D eigenvalue weighted by atomic mass is 16.2. The first-order valence-corrected chi connectivity index (χ1v) is 7.62. The predicted molar refractivity (Wildman–Crippen MR) is 77.5 cm³/mol. The Balaban J connectivity index is 1.52. The van der Waals surface area contributed by atoms with Crippen molar-refractivity contribution in [1.29, 1.82) is 0 Å². The lowest BCUT2D eigenvalue weighted by molar-refractivity contribution is 0.162. The molecule has 1 unspecified atom stereocenters. The Kier molecular flexibility index (Phi) is 3.44. The summed E-state index contributed by atoms with van der Waals surface area (Å²) in [6.07, 6.45) is 8.24. The fourth-order valence-corrected chi connectivity index (χ4v) is 3.41. The highest BCUT2D eigenvalue weighted by Gasteiger charge is 2.35. The number of hydrogen-bond donors (Lipinski definition) is 1. The van der Waals surface area contributed by atoms with Crippen LogP contribution in [-0.4, -0.2) is 39.1 Å². The van der Waals surface area contributed by atoms with Crippen molar-refractivity contribution in [3.05, 3.63) is 18.2 Å². The van der Waals surface area contributed by atoms with E-state index in [0.29, 0.717) is 5.92 Å². The Labute approximate surface area is 120 Å². The van der Waals surface area contributed by atoms with Crippen molar-refractivity contribution in [3.8, 4) is 0 Å². The third kappa shape index (κ3) is 2.53. The molecule has 1 atom stereocenters. The zero-order chi connectivity index (χ0) is 14.2. The first-order chi connectivity index (χ1) is 9.56. The molecule has 0 aliphatic carbocycles. The Morgan fingerprint density at radius 2 is 2.40 bits per heavy atom. The number of nitrogens with zero attached hydrogens (tertiary/aromatic N) is 3. The van der Waals surface area contributed by atoms with Crippen LogP contribution in [0.2, 0.25) is 0 Å². The average molecular weight is 276 g/mol. The molecule has 20 heavy (non-hydrogen) atoms. The molecule has 2 amide bonds. The Morgan fingerprint density at radius 3 is 3.15 bits per heavy atom. The fourth-order valence-electron chi connectivity index (χ4n) is 3.41. The van der Waals surface area contributed by atoms with Gasteiger partial charge in [-0.15, -0.1) is 0 Å². The molecule has 1 N–H and O–H groups in total. The lowest BCUT2D eigenvalue weighted by atomic mass is 9.99. The molecule has 0 bridgehead atoms. The molecule has 1 fully saturated rings. The maximum atomic E-state index is 12.3. The molecule has 2 aliphatic heterocycles. The highest BCUT2D eigenvalue weighted by Crippen LogP contribution is 2.28. The van der Waals surface area contributed by atoms with Gasteiger partial charge in [0.15, 0.2) is 0 Å². The van der Waals surface area contributed by atoms with Gasteiger partial charge in [-0.1, -0.05) is 0 Å². The number of rotatable bonds is 2. The lowest BCUT2D eigenvalue weighted by Gasteiger charge is -2.32. The van der Waals surface area contributed by atoms with E-state index in [2.05, 4.69) is 28.7 Å². The number of urea groups is 1. The molecule has 5 heteroatoms. The zero-order valence-electron chi connectivity index (χ0n) is 12.4. The zero-order valence-corrected chi connectivity index (χ0v) is 12.4. The van der Waals surface area contributed by atoms with Gasteiger partial charge in [0.2, 0.25) is 0 Å². The molecule has 3 rings (SSSR count). The quantitative estimate of drug-likeness (QED) is 0.898. The number of amides is 2. The number of imidazole rings is 1. The second kappa shape index (κ2) is 5.11. The van der Waals surface area contributed by atoms with E-state index in [1.54, 1.807) is 0 Å². The molecule has 110 valence electrons. The van der Waals surface area contributed by atoms with Gasteiger partial charge in [-0.3, -0.25) is 0 Å². The van der Waals surface area contributed by atoms with Gasteiger partial charge in [0.25, 0.3) is 0 Å². The van der Waals surface area contributed by atoms with Crippen LogP contribution in [0.4, 0.5) is 4.79 Å². The molecular weight excluding hydrogens is 252 g/mol. The van der Waals surface area contributed by atoms with Gasteiger partial charge in [-0.2, -0.15) is 0 Å². The van der Waals surface area contributed by atoms with Crippen LogP contribution < -0.4 is 5.32 Å². The Morgan fingerprint density at radius 1 is 1.55 bits per heavy atom. The molecule has 1 aromatic rings. The van der Waals surface area contributed by atoms with Crippen molar-refractivity contribution in [2.45, 2.75) is 51.6 Å². The topological polar surface area (TPSA) is 50.2 Å². The van der Waals surface area contributed by atoms with E-state index in [4.69, 9.17) is 0 Å². The number of fused-ring (bicyclic) bond motifs is 1. The van der Waals surface area contributed by atoms with Gasteiger partial charge in [0.1, 0.15) is 5.82 Å². The van der Waals surface area contributed by atoms with Gasteiger partial charge in [0.05, 0.1) is 0 Å². The largest absolute Gasteiger partial charge is 0.338 e. The molecule has 5 nitrogen and oxygen atoms in total. The molecule has 0 aromatic carbocycles. The fraction of sp³-hybridized carbons (Fsp3) is 0.733. The standard InChI is InChI=1S/C15H24N4O/c1-15(2)6-3-8-19(15)14(20)17-10-12-4-5-13-16-7-9-18(13)11-12/h7,9,12H,3-6,8,10-11H2,1-2H3,(H,17,20). The summed E-state index contributed by atoms with van der Waals surface area (Å²) in [6.45, 7) is 6.92. The molecule has 0 radical (unpaired) electrons. The van der Waals surface area contributed by atoms with E-state index in [9.17, 15) is 4.79 Å². The SMILES string of the molecule is CC1(C)CCCN1C(=O)NCC1CCc2nccn2C1. The first-order valence-electron chi connectivity index (χ1n) is 7.62. The van der Waals surface area contributed by atoms with E-state index in [0.717, 1.165) is 45.3 Å². The van der Waals surface area contributed by atoms with Crippen LogP contribution in [0.5, 0.6) is 0 Å². The second-order valence-electron chi connectivity index (χ2n) is 6.65. The normalized spacial score (nSPS) is 24.5. The monoisotopic (exact) mass is 276 g/mol. The minimum Gasteiger partial charge on any atom is -0.338 e. The van der Waals surface area contributed by atoms with Gasteiger partial charge in [-0.05, 0) is 39.0 Å². The lowest BCUT2D eigenvalue weighted by Crippen LogP contribution is -2.49. The van der Waals surface area contributed by atoms with Crippen molar-refractivity contribution >= 4 is 6.03 Å². The van der Waals surface area contributed by atoms with Crippen LogP contribution >= 0.6 is 0 Å². The van der Waals surface area contributed by atoms with Crippen molar-refractivity contribution in [2.24, 2.45) is 5.92 Å². The van der Waals surface area contributed by atoms with Crippen LogP contribution in [0.1, 0.15) is 38.9 Å². The van der Waals surface area contributed by atoms with E-state index in [-0.39, 0.29) is 11.6 Å². The summed E-state index contributed by atoms with van der Waals surface area (Å²) >= 11 is 0. The molecule has 1 aromatic heterocycles. The van der Waals surface area contributed by atoms with Crippen molar-refractivity contribution in [1.82, 2.24) is 19.8 Å². The third-order valence-electron chi connectivity index (χ3n) is 4.72. The van der Waals surface area contributed by atoms with Gasteiger partial charge in [-0.25, -0.2) is 9.78 Å². The number of aromatic nitrogens is 2. The molecule has 1 saturated heterocycles. The van der Waals surface area contributed by atoms with E-state index in [1.807, 2.05) is 17.3 Å². The Bertz CT molecular complexity index is 494. The van der Waals surface area contributed by atoms with Crippen LogP contribution in [0, 0.1) is 5.92 Å². The van der Waals surface area contributed by atoms with Crippen LogP contribution in [0.25, 0.3) is 0 Å². The van der Waals surface area contributed by atoms with Gasteiger partial charge >= 0.3 is 6.03 Å². The third-order valence-corrected chi connectivity index (χ3v) is 4.72. The molecule has 2 aliphatic rings. The van der Waals surface area contributed by atoms with E-state index < -0.39 is 0 Å². The maximum absolute atomic E-state index is 12.3. The number of nitrogens with one attached hydrogen (secondary N) is 1. The van der Waals surface area contributed by atoms with Gasteiger partial charge < -0.3 is 14.8 Å². The first kappa shape index (κ1) is 13.5. The maximum Gasteiger partial charge on any atom is 0.317 e. The second-order valence-corrected chi connectivity index (χ2v) is 6.65. The summed E-state index contributed by atoms with van der Waals surface area (Å²) in [5, 5.41) is 3.13.